The molecule has 1 N–H and O–H groups in total. The zero-order valence-corrected chi connectivity index (χ0v) is 22.7. The second-order valence-electron chi connectivity index (χ2n) is 8.93. The summed E-state index contributed by atoms with van der Waals surface area (Å²) in [5, 5.41) is 5.84. The number of piperazine rings is 1. The second kappa shape index (κ2) is 12.5. The Hall–Kier alpha value is -0.910. The van der Waals surface area contributed by atoms with E-state index in [2.05, 4.69) is 49.4 Å². The normalized spacial score (nSPS) is 22.6. The van der Waals surface area contributed by atoms with Crippen molar-refractivity contribution in [3.8, 4) is 0 Å². The molecule has 1 aromatic heterocycles. The van der Waals surface area contributed by atoms with Crippen molar-refractivity contribution in [1.29, 1.82) is 0 Å². The van der Waals surface area contributed by atoms with Gasteiger partial charge in [0.2, 0.25) is 5.91 Å². The highest BCUT2D eigenvalue weighted by Crippen LogP contribution is 2.28. The lowest BCUT2D eigenvalue weighted by atomic mass is 10.2. The van der Waals surface area contributed by atoms with Crippen molar-refractivity contribution in [3.05, 3.63) is 22.4 Å². The highest BCUT2D eigenvalue weighted by molar-refractivity contribution is 14.0. The molecule has 3 aliphatic heterocycles. The quantitative estimate of drug-likeness (QED) is 0.322. The Morgan fingerprint density at radius 3 is 2.25 bits per heavy atom. The zero-order valence-electron chi connectivity index (χ0n) is 19.5. The van der Waals surface area contributed by atoms with Crippen molar-refractivity contribution < 1.29 is 4.79 Å². The smallest absolute Gasteiger partial charge is 0.239 e. The van der Waals surface area contributed by atoms with Crippen LogP contribution >= 0.6 is 35.3 Å². The predicted octanol–water partition coefficient (Wildman–Crippen LogP) is 2.71. The fourth-order valence-electron chi connectivity index (χ4n) is 5.14. The Morgan fingerprint density at radius 1 is 1.00 bits per heavy atom. The molecule has 180 valence electrons. The van der Waals surface area contributed by atoms with Gasteiger partial charge in [-0.1, -0.05) is 6.07 Å². The molecule has 0 saturated carbocycles. The summed E-state index contributed by atoms with van der Waals surface area (Å²) >= 11 is 1.85. The van der Waals surface area contributed by atoms with Gasteiger partial charge in [0.25, 0.3) is 0 Å². The number of guanidine groups is 1. The van der Waals surface area contributed by atoms with Crippen LogP contribution in [0.15, 0.2) is 22.5 Å². The minimum Gasteiger partial charge on any atom is -0.354 e. The van der Waals surface area contributed by atoms with Crippen LogP contribution in [0.2, 0.25) is 0 Å². The van der Waals surface area contributed by atoms with E-state index in [4.69, 9.17) is 0 Å². The summed E-state index contributed by atoms with van der Waals surface area (Å²) in [4.78, 5) is 28.1. The van der Waals surface area contributed by atoms with Crippen LogP contribution in [0.4, 0.5) is 0 Å². The van der Waals surface area contributed by atoms with Gasteiger partial charge in [-0.05, 0) is 57.1 Å². The van der Waals surface area contributed by atoms with Crippen LogP contribution in [0.1, 0.15) is 43.5 Å². The average Bonchev–Trinajstić information content (AvgIpc) is 3.59. The number of hydrogen-bond donors (Lipinski definition) is 1. The van der Waals surface area contributed by atoms with Crippen molar-refractivity contribution in [2.75, 3.05) is 66.0 Å². The Labute approximate surface area is 214 Å². The van der Waals surface area contributed by atoms with E-state index in [0.29, 0.717) is 11.9 Å². The van der Waals surface area contributed by atoms with Crippen LogP contribution in [0.3, 0.4) is 0 Å². The molecule has 0 aromatic carbocycles. The van der Waals surface area contributed by atoms with E-state index in [0.717, 1.165) is 64.6 Å². The van der Waals surface area contributed by atoms with Gasteiger partial charge in [-0.2, -0.15) is 0 Å². The van der Waals surface area contributed by atoms with E-state index in [1.807, 2.05) is 23.3 Å². The summed E-state index contributed by atoms with van der Waals surface area (Å²) in [6, 6.07) is 4.81. The van der Waals surface area contributed by atoms with Crippen molar-refractivity contribution in [3.63, 3.8) is 0 Å². The fourth-order valence-corrected chi connectivity index (χ4v) is 6.00. The number of nitrogens with zero attached hydrogens (tertiary/aromatic N) is 5. The Kier molecular flexibility index (Phi) is 10.1. The van der Waals surface area contributed by atoms with Crippen LogP contribution in [0, 0.1) is 0 Å². The number of rotatable bonds is 6. The molecule has 7 nitrogen and oxygen atoms in total. The third-order valence-electron chi connectivity index (χ3n) is 7.06. The van der Waals surface area contributed by atoms with Crippen LogP contribution in [-0.2, 0) is 4.79 Å². The molecule has 3 saturated heterocycles. The number of aliphatic imine (C=N–C) groups is 1. The molecule has 2 unspecified atom stereocenters. The van der Waals surface area contributed by atoms with Crippen LogP contribution < -0.4 is 5.32 Å². The number of nitrogens with one attached hydrogen (secondary N) is 1. The SMILES string of the molecule is CN=C(NCC(c1cccs1)N1CCCC1)N1CCN(C(C)C(=O)N2CCCC2)CC1.I. The molecule has 0 bridgehead atoms. The highest BCUT2D eigenvalue weighted by atomic mass is 127. The number of hydrogen-bond acceptors (Lipinski definition) is 5. The molecule has 1 amide bonds. The summed E-state index contributed by atoms with van der Waals surface area (Å²) in [6.07, 6.45) is 4.90. The van der Waals surface area contributed by atoms with Gasteiger partial charge in [0.15, 0.2) is 5.96 Å². The third kappa shape index (κ3) is 6.15. The first-order chi connectivity index (χ1) is 15.2. The van der Waals surface area contributed by atoms with Gasteiger partial charge in [-0.15, -0.1) is 35.3 Å². The molecule has 32 heavy (non-hydrogen) atoms. The van der Waals surface area contributed by atoms with Crippen molar-refractivity contribution in [2.24, 2.45) is 4.99 Å². The molecule has 0 aliphatic carbocycles. The maximum Gasteiger partial charge on any atom is 0.239 e. The lowest BCUT2D eigenvalue weighted by Gasteiger charge is -2.40. The lowest BCUT2D eigenvalue weighted by Crippen LogP contribution is -2.57. The number of halogens is 1. The van der Waals surface area contributed by atoms with E-state index in [9.17, 15) is 4.79 Å². The summed E-state index contributed by atoms with van der Waals surface area (Å²) in [6.45, 7) is 10.8. The third-order valence-corrected chi connectivity index (χ3v) is 8.03. The largest absolute Gasteiger partial charge is 0.354 e. The van der Waals surface area contributed by atoms with Gasteiger partial charge in [0, 0.05) is 57.7 Å². The highest BCUT2D eigenvalue weighted by Gasteiger charge is 2.31. The van der Waals surface area contributed by atoms with Crippen molar-refractivity contribution >= 4 is 47.2 Å². The topological polar surface area (TPSA) is 54.4 Å². The van der Waals surface area contributed by atoms with Crippen LogP contribution in [0.25, 0.3) is 0 Å². The van der Waals surface area contributed by atoms with Gasteiger partial charge < -0.3 is 15.1 Å². The first-order valence-corrected chi connectivity index (χ1v) is 12.8. The standard InChI is InChI=1S/C23H38N6OS.HI/c1-19(22(30)28-11-5-6-12-28)26-13-15-29(16-14-26)23(24-2)25-18-20(21-8-7-17-31-21)27-9-3-4-10-27;/h7-8,17,19-20H,3-6,9-16,18H2,1-2H3,(H,24,25);1H. The summed E-state index contributed by atoms with van der Waals surface area (Å²) < 4.78 is 0. The van der Waals surface area contributed by atoms with Crippen LogP contribution in [-0.4, -0.2) is 103 Å². The number of amides is 1. The fraction of sp³-hybridized carbons (Fsp3) is 0.739. The molecule has 2 atom stereocenters. The lowest BCUT2D eigenvalue weighted by molar-refractivity contribution is -0.135. The molecular weight excluding hydrogens is 535 g/mol. The Morgan fingerprint density at radius 2 is 1.66 bits per heavy atom. The van der Waals surface area contributed by atoms with E-state index < -0.39 is 0 Å². The van der Waals surface area contributed by atoms with E-state index >= 15 is 0 Å². The molecule has 4 heterocycles. The Bertz CT molecular complexity index is 725. The van der Waals surface area contributed by atoms with Crippen molar-refractivity contribution in [2.45, 2.75) is 44.7 Å². The van der Waals surface area contributed by atoms with Gasteiger partial charge >= 0.3 is 0 Å². The van der Waals surface area contributed by atoms with E-state index in [1.54, 1.807) is 0 Å². The summed E-state index contributed by atoms with van der Waals surface area (Å²) in [5.74, 6) is 1.29. The number of carbonyl (C=O) groups excluding carboxylic acids is 1. The first kappa shape index (κ1) is 25.7. The number of thiophene rings is 1. The number of likely N-dealkylation sites (tertiary alicyclic amines) is 2. The van der Waals surface area contributed by atoms with Crippen LogP contribution in [0.5, 0.6) is 0 Å². The predicted molar refractivity (Wildman–Crippen MR) is 143 cm³/mol. The molecule has 4 rings (SSSR count). The minimum atomic E-state index is -0.0198. The summed E-state index contributed by atoms with van der Waals surface area (Å²) in [5.41, 5.74) is 0. The molecule has 3 aliphatic rings. The van der Waals surface area contributed by atoms with Gasteiger partial charge in [-0.25, -0.2) is 0 Å². The molecule has 0 spiro atoms. The second-order valence-corrected chi connectivity index (χ2v) is 9.91. The van der Waals surface area contributed by atoms with Crippen molar-refractivity contribution in [1.82, 2.24) is 24.9 Å². The maximum absolute atomic E-state index is 12.8. The Balaban J connectivity index is 0.00000289. The monoisotopic (exact) mass is 574 g/mol. The van der Waals surface area contributed by atoms with Gasteiger partial charge in [0.1, 0.15) is 0 Å². The van der Waals surface area contributed by atoms with Gasteiger partial charge in [-0.3, -0.25) is 19.6 Å². The zero-order chi connectivity index (χ0) is 21.6. The van der Waals surface area contributed by atoms with Gasteiger partial charge in [0.05, 0.1) is 12.1 Å². The molecule has 3 fully saturated rings. The number of carbonyl (C=O) groups is 1. The molecule has 0 radical (unpaired) electrons. The average molecular weight is 575 g/mol. The first-order valence-electron chi connectivity index (χ1n) is 11.9. The van der Waals surface area contributed by atoms with E-state index in [-0.39, 0.29) is 30.0 Å². The maximum atomic E-state index is 12.8. The minimum absolute atomic E-state index is 0. The molecule has 9 heteroatoms. The molecule has 1 aromatic rings. The summed E-state index contributed by atoms with van der Waals surface area (Å²) in [7, 11) is 1.88. The molecular formula is C23H39IN6OS. The van der Waals surface area contributed by atoms with E-state index in [1.165, 1.54) is 30.8 Å².